The van der Waals surface area contributed by atoms with Crippen molar-refractivity contribution in [2.75, 3.05) is 11.9 Å². The summed E-state index contributed by atoms with van der Waals surface area (Å²) in [5, 5.41) is 16.1. The van der Waals surface area contributed by atoms with E-state index >= 15 is 0 Å². The molecule has 8 aromatic rings. The van der Waals surface area contributed by atoms with E-state index in [4.69, 9.17) is 29.2 Å². The van der Waals surface area contributed by atoms with Gasteiger partial charge in [-0.3, -0.25) is 0 Å². The number of aliphatic hydroxyl groups is 1. The third-order valence-corrected chi connectivity index (χ3v) is 11.4. The van der Waals surface area contributed by atoms with E-state index in [-0.39, 0.29) is 18.6 Å². The number of rotatable bonds is 16. The van der Waals surface area contributed by atoms with Crippen molar-refractivity contribution >= 4 is 17.1 Å². The third kappa shape index (κ3) is 8.28. The highest BCUT2D eigenvalue weighted by atomic mass is 16.5. The van der Waals surface area contributed by atoms with E-state index in [1.165, 1.54) is 0 Å². The van der Waals surface area contributed by atoms with E-state index in [9.17, 15) is 5.11 Å². The summed E-state index contributed by atoms with van der Waals surface area (Å²) in [6.07, 6.45) is 1.14. The van der Waals surface area contributed by atoms with Crippen LogP contribution in [0.1, 0.15) is 45.8 Å². The first-order valence-electron chi connectivity index (χ1n) is 20.5. The number of aromatic nitrogens is 4. The van der Waals surface area contributed by atoms with Crippen LogP contribution < -0.4 is 10.1 Å². The lowest BCUT2D eigenvalue weighted by Crippen LogP contribution is -2.38. The SMILES string of the molecule is O[C@H]1[C@H](COCc2ccccc2)[C@@H](OCc2ccccc2)C[C@@H]1n1cnc2c(OCc3ccccc3)nc(NC(c3ccccc3)(c3ccccc3)c3ccccc3)nc21. The Kier molecular flexibility index (Phi) is 11.7. The van der Waals surface area contributed by atoms with Crippen molar-refractivity contribution in [1.82, 2.24) is 19.5 Å². The lowest BCUT2D eigenvalue weighted by Gasteiger charge is -2.37. The van der Waals surface area contributed by atoms with Gasteiger partial charge in [0.2, 0.25) is 11.8 Å². The fourth-order valence-electron chi connectivity index (χ4n) is 8.36. The zero-order valence-electron chi connectivity index (χ0n) is 33.2. The van der Waals surface area contributed by atoms with Gasteiger partial charge in [-0.2, -0.15) is 9.97 Å². The fourth-order valence-corrected chi connectivity index (χ4v) is 8.36. The Morgan fingerprint density at radius 2 is 1.08 bits per heavy atom. The van der Waals surface area contributed by atoms with E-state index in [1.807, 2.05) is 138 Å². The normalized spacial score (nSPS) is 17.8. The minimum Gasteiger partial charge on any atom is -0.471 e. The summed E-state index contributed by atoms with van der Waals surface area (Å²) in [5.41, 5.74) is 6.29. The summed E-state index contributed by atoms with van der Waals surface area (Å²) in [4.78, 5) is 15.2. The molecule has 6 aromatic carbocycles. The van der Waals surface area contributed by atoms with Crippen LogP contribution in [0.25, 0.3) is 11.2 Å². The molecule has 0 amide bonds. The van der Waals surface area contributed by atoms with Crippen molar-refractivity contribution in [2.24, 2.45) is 5.92 Å². The van der Waals surface area contributed by atoms with Gasteiger partial charge in [0.25, 0.3) is 0 Å². The molecule has 0 bridgehead atoms. The van der Waals surface area contributed by atoms with Gasteiger partial charge in [-0.1, -0.05) is 182 Å². The monoisotopic (exact) mass is 793 g/mol. The predicted octanol–water partition coefficient (Wildman–Crippen LogP) is 9.53. The van der Waals surface area contributed by atoms with Crippen LogP contribution in [0.5, 0.6) is 5.88 Å². The molecule has 9 heteroatoms. The Hall–Kier alpha value is -6.65. The van der Waals surface area contributed by atoms with Crippen LogP contribution in [0.3, 0.4) is 0 Å². The molecular weight excluding hydrogens is 747 g/mol. The number of benzene rings is 6. The molecule has 2 aromatic heterocycles. The van der Waals surface area contributed by atoms with Gasteiger partial charge in [-0.05, 0) is 39.8 Å². The summed E-state index contributed by atoms with van der Waals surface area (Å²) >= 11 is 0. The molecule has 0 spiro atoms. The highest BCUT2D eigenvalue weighted by Gasteiger charge is 2.45. The summed E-state index contributed by atoms with van der Waals surface area (Å²) in [6, 6.07) is 60.8. The molecule has 9 rings (SSSR count). The van der Waals surface area contributed by atoms with Crippen LogP contribution in [0.2, 0.25) is 0 Å². The molecule has 2 heterocycles. The summed E-state index contributed by atoms with van der Waals surface area (Å²) in [7, 11) is 0. The van der Waals surface area contributed by atoms with E-state index in [0.717, 1.165) is 33.4 Å². The highest BCUT2D eigenvalue weighted by Crippen LogP contribution is 2.42. The standard InChI is InChI=1S/C51H47N5O4/c57-47-43(35-58-32-37-19-7-1-8-20-37)45(59-33-38-21-9-2-10-22-38)31-44(47)56-36-52-46-48(56)53-50(54-49(46)60-34-39-23-11-3-12-24-39)55-51(40-25-13-4-14-26-40,41-27-15-5-16-28-41)42-29-17-6-18-30-42/h1-30,36,43-45,47,57H,31-35H2,(H,53,54,55)/t43-,44+,45+,47+/m1/s1. The minimum atomic E-state index is -0.899. The second-order valence-electron chi connectivity index (χ2n) is 15.2. The number of aliphatic hydroxyl groups excluding tert-OH is 1. The molecule has 2 N–H and O–H groups in total. The summed E-state index contributed by atoms with van der Waals surface area (Å²) < 4.78 is 21.4. The summed E-state index contributed by atoms with van der Waals surface area (Å²) in [6.45, 7) is 1.45. The van der Waals surface area contributed by atoms with Crippen molar-refractivity contribution in [2.45, 2.75) is 50.0 Å². The van der Waals surface area contributed by atoms with Crippen molar-refractivity contribution in [3.05, 3.63) is 222 Å². The van der Waals surface area contributed by atoms with Crippen molar-refractivity contribution in [3.8, 4) is 5.88 Å². The van der Waals surface area contributed by atoms with Crippen molar-refractivity contribution in [3.63, 3.8) is 0 Å². The van der Waals surface area contributed by atoms with Gasteiger partial charge in [-0.25, -0.2) is 4.98 Å². The number of ether oxygens (including phenoxy) is 3. The topological polar surface area (TPSA) is 104 Å². The Balaban J connectivity index is 1.12. The first kappa shape index (κ1) is 38.8. The van der Waals surface area contributed by atoms with Crippen LogP contribution in [-0.4, -0.2) is 43.4 Å². The van der Waals surface area contributed by atoms with E-state index in [1.54, 1.807) is 6.33 Å². The number of hydrogen-bond donors (Lipinski definition) is 2. The second-order valence-corrected chi connectivity index (χ2v) is 15.2. The largest absolute Gasteiger partial charge is 0.471 e. The molecule has 0 radical (unpaired) electrons. The molecule has 1 fully saturated rings. The number of anilines is 1. The maximum absolute atomic E-state index is 12.3. The van der Waals surface area contributed by atoms with Crippen molar-refractivity contribution < 1.29 is 19.3 Å². The van der Waals surface area contributed by atoms with E-state index in [0.29, 0.717) is 49.2 Å². The Morgan fingerprint density at radius 3 is 1.62 bits per heavy atom. The Labute approximate surface area is 350 Å². The Bertz CT molecular complexity index is 2460. The zero-order chi connectivity index (χ0) is 40.6. The van der Waals surface area contributed by atoms with Crippen LogP contribution in [0.4, 0.5) is 5.95 Å². The van der Waals surface area contributed by atoms with E-state index in [2.05, 4.69) is 53.8 Å². The van der Waals surface area contributed by atoms with Crippen LogP contribution in [-0.2, 0) is 34.8 Å². The van der Waals surface area contributed by atoms with Gasteiger partial charge in [0.05, 0.1) is 44.4 Å². The molecule has 0 saturated heterocycles. The fraction of sp³-hybridized carbons (Fsp3) is 0.196. The average molecular weight is 794 g/mol. The second kappa shape index (κ2) is 18.1. The van der Waals surface area contributed by atoms with Gasteiger partial charge in [-0.15, -0.1) is 0 Å². The zero-order valence-corrected chi connectivity index (χ0v) is 33.2. The quantitative estimate of drug-likeness (QED) is 0.0934. The molecule has 1 aliphatic rings. The third-order valence-electron chi connectivity index (χ3n) is 11.4. The molecule has 1 saturated carbocycles. The Morgan fingerprint density at radius 1 is 0.600 bits per heavy atom. The maximum Gasteiger partial charge on any atom is 0.247 e. The molecule has 60 heavy (non-hydrogen) atoms. The van der Waals surface area contributed by atoms with Gasteiger partial charge in [0.15, 0.2) is 11.2 Å². The number of nitrogens with zero attached hydrogens (tertiary/aromatic N) is 4. The van der Waals surface area contributed by atoms with Gasteiger partial charge < -0.3 is 29.2 Å². The van der Waals surface area contributed by atoms with Gasteiger partial charge >= 0.3 is 0 Å². The molecule has 0 unspecified atom stereocenters. The van der Waals surface area contributed by atoms with Crippen LogP contribution in [0.15, 0.2) is 188 Å². The number of imidazole rings is 1. The highest BCUT2D eigenvalue weighted by molar-refractivity contribution is 5.78. The lowest BCUT2D eigenvalue weighted by atomic mass is 9.77. The molecule has 9 nitrogen and oxygen atoms in total. The predicted molar refractivity (Wildman–Crippen MR) is 233 cm³/mol. The van der Waals surface area contributed by atoms with Gasteiger partial charge in [0.1, 0.15) is 12.1 Å². The number of hydrogen-bond acceptors (Lipinski definition) is 8. The van der Waals surface area contributed by atoms with E-state index < -0.39 is 17.7 Å². The molecule has 1 aliphatic carbocycles. The minimum absolute atomic E-state index is 0.280. The molecular formula is C51H47N5O4. The first-order chi connectivity index (χ1) is 29.7. The number of nitrogens with one attached hydrogen (secondary N) is 1. The van der Waals surface area contributed by atoms with Crippen molar-refractivity contribution in [1.29, 1.82) is 0 Å². The molecule has 300 valence electrons. The maximum atomic E-state index is 12.3. The summed E-state index contributed by atoms with van der Waals surface area (Å²) in [5.74, 6) is 0.367. The van der Waals surface area contributed by atoms with Crippen LogP contribution >= 0.6 is 0 Å². The van der Waals surface area contributed by atoms with Crippen LogP contribution in [0, 0.1) is 5.92 Å². The van der Waals surface area contributed by atoms with Gasteiger partial charge in [0, 0.05) is 5.92 Å². The molecule has 4 atom stereocenters. The smallest absolute Gasteiger partial charge is 0.247 e. The number of fused-ring (bicyclic) bond motifs is 1. The average Bonchev–Trinajstić information content (AvgIpc) is 3.88. The molecule has 0 aliphatic heterocycles. The lowest BCUT2D eigenvalue weighted by molar-refractivity contribution is -0.0475. The first-order valence-corrected chi connectivity index (χ1v) is 20.5.